The summed E-state index contributed by atoms with van der Waals surface area (Å²) >= 11 is 0. The van der Waals surface area contributed by atoms with E-state index in [9.17, 15) is 0 Å². The third kappa shape index (κ3) is 6.46. The highest BCUT2D eigenvalue weighted by Gasteiger charge is 1.94. The Kier molecular flexibility index (Phi) is 9.91. The Bertz CT molecular complexity index is 429. The van der Waals surface area contributed by atoms with Crippen molar-refractivity contribution in [2.45, 2.75) is 27.7 Å². The molecule has 0 unspecified atom stereocenters. The fourth-order valence-corrected chi connectivity index (χ4v) is 1.30. The van der Waals surface area contributed by atoms with Gasteiger partial charge in [-0.25, -0.2) is 0 Å². The first-order chi connectivity index (χ1) is 9.38. The van der Waals surface area contributed by atoms with Crippen molar-refractivity contribution in [3.8, 4) is 11.5 Å². The molecule has 1 nitrogen and oxygen atoms in total. The molecule has 0 saturated carbocycles. The van der Waals surface area contributed by atoms with Crippen LogP contribution in [0.1, 0.15) is 33.3 Å². The summed E-state index contributed by atoms with van der Waals surface area (Å²) in [6.45, 7) is 11.7. The monoisotopic (exact) mass is 256 g/mol. The fourth-order valence-electron chi connectivity index (χ4n) is 1.30. The predicted molar refractivity (Wildman–Crippen MR) is 85.7 cm³/mol. The van der Waals surface area contributed by atoms with Crippen LogP contribution >= 0.6 is 0 Å². The van der Waals surface area contributed by atoms with Crippen molar-refractivity contribution in [1.29, 1.82) is 0 Å². The van der Waals surface area contributed by atoms with Crippen LogP contribution in [-0.4, -0.2) is 0 Å². The molecule has 0 fully saturated rings. The summed E-state index contributed by atoms with van der Waals surface area (Å²) < 4.78 is 5.64. The standard InChI is InChI=1S/C14H12O.2C2H6/c1-2-12-8-10-14(11-9-12)15-13-6-4-3-5-7-13;2*1-2/h2-11H,1H2;2*1-2H3. The molecule has 102 valence electrons. The van der Waals surface area contributed by atoms with Gasteiger partial charge in [-0.05, 0) is 29.8 Å². The van der Waals surface area contributed by atoms with E-state index in [0.29, 0.717) is 0 Å². The minimum Gasteiger partial charge on any atom is -0.457 e. The van der Waals surface area contributed by atoms with Gasteiger partial charge in [0, 0.05) is 0 Å². The number of ether oxygens (including phenoxy) is 1. The molecule has 0 radical (unpaired) electrons. The van der Waals surface area contributed by atoms with Crippen LogP contribution in [0.5, 0.6) is 11.5 Å². The highest BCUT2D eigenvalue weighted by atomic mass is 16.5. The molecule has 0 aliphatic heterocycles. The first kappa shape index (κ1) is 17.0. The predicted octanol–water partition coefficient (Wildman–Crippen LogP) is 6.17. The zero-order valence-electron chi connectivity index (χ0n) is 12.4. The van der Waals surface area contributed by atoms with Gasteiger partial charge >= 0.3 is 0 Å². The number of hydrogen-bond acceptors (Lipinski definition) is 1. The number of rotatable bonds is 3. The molecule has 1 heteroatoms. The summed E-state index contributed by atoms with van der Waals surface area (Å²) in [6.07, 6.45) is 1.81. The van der Waals surface area contributed by atoms with Gasteiger partial charge in [0.05, 0.1) is 0 Å². The van der Waals surface area contributed by atoms with Crippen LogP contribution in [0.25, 0.3) is 6.08 Å². The molecular weight excluding hydrogens is 232 g/mol. The Morgan fingerprint density at radius 3 is 1.68 bits per heavy atom. The van der Waals surface area contributed by atoms with Crippen LogP contribution in [0.2, 0.25) is 0 Å². The molecule has 0 aromatic heterocycles. The Hall–Kier alpha value is -2.02. The van der Waals surface area contributed by atoms with Crippen molar-refractivity contribution < 1.29 is 4.74 Å². The molecule has 0 spiro atoms. The van der Waals surface area contributed by atoms with E-state index in [-0.39, 0.29) is 0 Å². The van der Waals surface area contributed by atoms with Crippen molar-refractivity contribution in [2.24, 2.45) is 0 Å². The molecule has 2 rings (SSSR count). The van der Waals surface area contributed by atoms with Gasteiger partial charge in [0.2, 0.25) is 0 Å². The van der Waals surface area contributed by atoms with Crippen molar-refractivity contribution in [2.75, 3.05) is 0 Å². The van der Waals surface area contributed by atoms with Crippen LogP contribution in [-0.2, 0) is 0 Å². The Morgan fingerprint density at radius 2 is 1.21 bits per heavy atom. The number of para-hydroxylation sites is 1. The van der Waals surface area contributed by atoms with Crippen molar-refractivity contribution in [1.82, 2.24) is 0 Å². The smallest absolute Gasteiger partial charge is 0.127 e. The fraction of sp³-hybridized carbons (Fsp3) is 0.222. The van der Waals surface area contributed by atoms with Crippen LogP contribution < -0.4 is 4.74 Å². The highest BCUT2D eigenvalue weighted by molar-refractivity contribution is 5.48. The molecule has 2 aromatic carbocycles. The lowest BCUT2D eigenvalue weighted by molar-refractivity contribution is 0.482. The summed E-state index contributed by atoms with van der Waals surface area (Å²) in [7, 11) is 0. The zero-order chi connectivity index (χ0) is 14.5. The summed E-state index contributed by atoms with van der Waals surface area (Å²) in [5, 5.41) is 0. The molecule has 0 saturated heterocycles. The van der Waals surface area contributed by atoms with Gasteiger partial charge < -0.3 is 4.74 Å². The normalized spacial score (nSPS) is 8.21. The molecule has 0 aliphatic carbocycles. The van der Waals surface area contributed by atoms with Crippen molar-refractivity contribution in [3.05, 3.63) is 66.7 Å². The molecule has 0 bridgehead atoms. The Balaban J connectivity index is 0.000000741. The maximum absolute atomic E-state index is 5.64. The van der Waals surface area contributed by atoms with Gasteiger partial charge in [-0.15, -0.1) is 0 Å². The van der Waals surface area contributed by atoms with E-state index in [2.05, 4.69) is 6.58 Å². The van der Waals surface area contributed by atoms with E-state index < -0.39 is 0 Å². The summed E-state index contributed by atoms with van der Waals surface area (Å²) in [5.41, 5.74) is 1.09. The lowest BCUT2D eigenvalue weighted by Crippen LogP contribution is -1.83. The van der Waals surface area contributed by atoms with E-state index in [1.165, 1.54) is 0 Å². The first-order valence-electron chi connectivity index (χ1n) is 6.84. The van der Waals surface area contributed by atoms with Crippen molar-refractivity contribution >= 4 is 6.08 Å². The Labute approximate surface area is 117 Å². The highest BCUT2D eigenvalue weighted by Crippen LogP contribution is 2.21. The van der Waals surface area contributed by atoms with E-state index in [0.717, 1.165) is 17.1 Å². The summed E-state index contributed by atoms with van der Waals surface area (Å²) in [5.74, 6) is 1.69. The number of benzene rings is 2. The largest absolute Gasteiger partial charge is 0.457 e. The van der Waals surface area contributed by atoms with Gasteiger partial charge in [0.1, 0.15) is 11.5 Å². The third-order valence-corrected chi connectivity index (χ3v) is 2.09. The van der Waals surface area contributed by atoms with E-state index in [1.54, 1.807) is 0 Å². The minimum absolute atomic E-state index is 0.840. The van der Waals surface area contributed by atoms with E-state index >= 15 is 0 Å². The van der Waals surface area contributed by atoms with Crippen LogP contribution in [0.4, 0.5) is 0 Å². The molecular formula is C18H24O. The third-order valence-electron chi connectivity index (χ3n) is 2.09. The molecule has 2 aromatic rings. The average molecular weight is 256 g/mol. The van der Waals surface area contributed by atoms with Crippen LogP contribution in [0, 0.1) is 0 Å². The summed E-state index contributed by atoms with van der Waals surface area (Å²) in [6, 6.07) is 17.6. The van der Waals surface area contributed by atoms with Gasteiger partial charge in [-0.1, -0.05) is 70.7 Å². The number of hydrogen-bond donors (Lipinski definition) is 0. The van der Waals surface area contributed by atoms with Crippen LogP contribution in [0.15, 0.2) is 61.2 Å². The first-order valence-corrected chi connectivity index (χ1v) is 6.84. The molecule has 0 heterocycles. The van der Waals surface area contributed by atoms with E-state index in [1.807, 2.05) is 88.4 Å². The van der Waals surface area contributed by atoms with Crippen LogP contribution in [0.3, 0.4) is 0 Å². The second-order valence-corrected chi connectivity index (χ2v) is 3.19. The minimum atomic E-state index is 0.840. The summed E-state index contributed by atoms with van der Waals surface area (Å²) in [4.78, 5) is 0. The second-order valence-electron chi connectivity index (χ2n) is 3.19. The molecule has 0 amide bonds. The second kappa shape index (κ2) is 11.1. The van der Waals surface area contributed by atoms with Gasteiger partial charge in [-0.3, -0.25) is 0 Å². The molecule has 19 heavy (non-hydrogen) atoms. The molecule has 0 atom stereocenters. The quantitative estimate of drug-likeness (QED) is 0.637. The molecule has 0 N–H and O–H groups in total. The SMILES string of the molecule is C=Cc1ccc(Oc2ccccc2)cc1.CC.CC. The van der Waals surface area contributed by atoms with Gasteiger partial charge in [0.15, 0.2) is 0 Å². The van der Waals surface area contributed by atoms with Crippen molar-refractivity contribution in [3.63, 3.8) is 0 Å². The lowest BCUT2D eigenvalue weighted by atomic mass is 10.2. The zero-order valence-corrected chi connectivity index (χ0v) is 12.4. The van der Waals surface area contributed by atoms with Gasteiger partial charge in [-0.2, -0.15) is 0 Å². The average Bonchev–Trinajstić information content (AvgIpc) is 2.53. The Morgan fingerprint density at radius 1 is 0.737 bits per heavy atom. The molecule has 0 aliphatic rings. The van der Waals surface area contributed by atoms with Gasteiger partial charge in [0.25, 0.3) is 0 Å². The maximum Gasteiger partial charge on any atom is 0.127 e. The van der Waals surface area contributed by atoms with E-state index in [4.69, 9.17) is 4.74 Å². The topological polar surface area (TPSA) is 9.23 Å². The maximum atomic E-state index is 5.64. The lowest BCUT2D eigenvalue weighted by Gasteiger charge is -2.04.